The normalized spacial score (nSPS) is 8.29. The Kier molecular flexibility index (Phi) is 3.13. The van der Waals surface area contributed by atoms with Crippen molar-refractivity contribution < 1.29 is 4.79 Å². The molecule has 0 aliphatic heterocycles. The summed E-state index contributed by atoms with van der Waals surface area (Å²) in [6, 6.07) is 0. The van der Waals surface area contributed by atoms with Gasteiger partial charge in [0.05, 0.1) is 10.7 Å². The third kappa shape index (κ3) is 6.05. The van der Waals surface area contributed by atoms with E-state index in [9.17, 15) is 4.79 Å². The van der Waals surface area contributed by atoms with Crippen molar-refractivity contribution in [3.63, 3.8) is 0 Å². The van der Waals surface area contributed by atoms with Crippen molar-refractivity contribution in [2.45, 2.75) is 13.3 Å². The molecular formula is C4H5ClOS. The van der Waals surface area contributed by atoms with Crippen LogP contribution < -0.4 is 0 Å². The molecule has 0 aromatic rings. The molecule has 3 heteroatoms. The number of hydrogen-bond acceptors (Lipinski definition) is 2. The maximum Gasteiger partial charge on any atom is 0.135 e. The molecule has 0 saturated carbocycles. The number of Topliss-reactive ketones (excluding diaryl/α,β-unsaturated/α-hetero) is 1. The summed E-state index contributed by atoms with van der Waals surface area (Å²) < 4.78 is 0.243. The highest BCUT2D eigenvalue weighted by Gasteiger charge is 1.93. The first-order valence-corrected chi connectivity index (χ1v) is 2.59. The summed E-state index contributed by atoms with van der Waals surface area (Å²) in [6.45, 7) is 1.45. The summed E-state index contributed by atoms with van der Waals surface area (Å²) in [5, 5.41) is 0. The van der Waals surface area contributed by atoms with Crippen LogP contribution in [-0.2, 0) is 4.79 Å². The zero-order valence-corrected chi connectivity index (χ0v) is 5.47. The van der Waals surface area contributed by atoms with Crippen LogP contribution in [-0.4, -0.2) is 10.1 Å². The van der Waals surface area contributed by atoms with Gasteiger partial charge in [-0.05, 0) is 6.92 Å². The van der Waals surface area contributed by atoms with Gasteiger partial charge < -0.3 is 0 Å². The number of hydrogen-bond donors (Lipinski definition) is 0. The third-order valence-electron chi connectivity index (χ3n) is 0.388. The monoisotopic (exact) mass is 136 g/mol. The molecule has 0 saturated heterocycles. The minimum atomic E-state index is 0.0139. The van der Waals surface area contributed by atoms with Crippen molar-refractivity contribution >= 4 is 33.9 Å². The van der Waals surface area contributed by atoms with Crippen LogP contribution >= 0.6 is 23.8 Å². The van der Waals surface area contributed by atoms with Crippen molar-refractivity contribution in [2.75, 3.05) is 0 Å². The molecule has 0 atom stereocenters. The molecule has 0 aromatic heterocycles. The minimum absolute atomic E-state index is 0.0139. The molecule has 0 fully saturated rings. The molecule has 0 aliphatic carbocycles. The van der Waals surface area contributed by atoms with Gasteiger partial charge in [-0.25, -0.2) is 0 Å². The van der Waals surface area contributed by atoms with E-state index in [0.717, 1.165) is 0 Å². The molecule has 0 bridgehead atoms. The van der Waals surface area contributed by atoms with Gasteiger partial charge in [0.15, 0.2) is 0 Å². The molecule has 0 amide bonds. The van der Waals surface area contributed by atoms with Crippen LogP contribution in [0.1, 0.15) is 13.3 Å². The van der Waals surface area contributed by atoms with Crippen molar-refractivity contribution in [3.05, 3.63) is 0 Å². The molecule has 7 heavy (non-hydrogen) atoms. The molecular weight excluding hydrogens is 132 g/mol. The number of halogens is 1. The summed E-state index contributed by atoms with van der Waals surface area (Å²) in [7, 11) is 0. The zero-order valence-electron chi connectivity index (χ0n) is 3.90. The van der Waals surface area contributed by atoms with Gasteiger partial charge >= 0.3 is 0 Å². The molecule has 1 nitrogen and oxygen atoms in total. The van der Waals surface area contributed by atoms with Crippen molar-refractivity contribution in [1.82, 2.24) is 0 Å². The van der Waals surface area contributed by atoms with Gasteiger partial charge in [0.1, 0.15) is 5.78 Å². The van der Waals surface area contributed by atoms with Gasteiger partial charge in [0.25, 0.3) is 0 Å². The fraction of sp³-hybridized carbons (Fsp3) is 0.500. The fourth-order valence-corrected chi connectivity index (χ4v) is 0.587. The third-order valence-corrected chi connectivity index (χ3v) is 0.666. The lowest BCUT2D eigenvalue weighted by atomic mass is 10.4. The first kappa shape index (κ1) is 7.05. The summed E-state index contributed by atoms with van der Waals surface area (Å²) in [4.78, 5) is 10.1. The van der Waals surface area contributed by atoms with Crippen LogP contribution in [0, 0.1) is 0 Å². The Balaban J connectivity index is 3.32. The molecule has 0 radical (unpaired) electrons. The van der Waals surface area contributed by atoms with E-state index >= 15 is 0 Å². The fourth-order valence-electron chi connectivity index (χ4n) is 0.196. The first-order chi connectivity index (χ1) is 3.13. The zero-order chi connectivity index (χ0) is 5.86. The molecule has 0 spiro atoms. The maximum atomic E-state index is 10.1. The number of carbonyl (C=O) groups excluding carboxylic acids is 1. The maximum absolute atomic E-state index is 10.1. The molecule has 0 N–H and O–H groups in total. The Bertz CT molecular complexity index is 87.9. The average molecular weight is 137 g/mol. The largest absolute Gasteiger partial charge is 0.300 e. The van der Waals surface area contributed by atoms with Crippen LogP contribution in [0.4, 0.5) is 0 Å². The van der Waals surface area contributed by atoms with E-state index in [2.05, 4.69) is 12.2 Å². The predicted molar refractivity (Wildman–Crippen MR) is 33.7 cm³/mol. The molecule has 0 unspecified atom stereocenters. The van der Waals surface area contributed by atoms with Crippen LogP contribution in [0.2, 0.25) is 0 Å². The van der Waals surface area contributed by atoms with Crippen molar-refractivity contribution in [1.29, 1.82) is 0 Å². The SMILES string of the molecule is CC(=O)CC(=S)Cl. The van der Waals surface area contributed by atoms with Crippen molar-refractivity contribution in [3.8, 4) is 0 Å². The van der Waals surface area contributed by atoms with Crippen LogP contribution in [0.25, 0.3) is 0 Å². The Morgan fingerprint density at radius 3 is 2.29 bits per heavy atom. The van der Waals surface area contributed by atoms with Crippen LogP contribution in [0.15, 0.2) is 0 Å². The second kappa shape index (κ2) is 3.10. The standard InChI is InChI=1S/C4H5ClOS/c1-3(6)2-4(5)7/h2H2,1H3. The molecule has 0 heterocycles. The van der Waals surface area contributed by atoms with E-state index in [4.69, 9.17) is 11.6 Å². The molecule has 0 aliphatic rings. The highest BCUT2D eigenvalue weighted by molar-refractivity contribution is 7.83. The van der Waals surface area contributed by atoms with Gasteiger partial charge in [-0.1, -0.05) is 23.8 Å². The Labute approximate surface area is 52.7 Å². The Morgan fingerprint density at radius 2 is 2.29 bits per heavy atom. The van der Waals surface area contributed by atoms with E-state index in [-0.39, 0.29) is 16.5 Å². The number of ketones is 1. The molecule has 0 aromatic carbocycles. The lowest BCUT2D eigenvalue weighted by molar-refractivity contribution is -0.115. The lowest BCUT2D eigenvalue weighted by Crippen LogP contribution is -1.92. The van der Waals surface area contributed by atoms with E-state index in [1.165, 1.54) is 6.92 Å². The highest BCUT2D eigenvalue weighted by atomic mass is 35.5. The van der Waals surface area contributed by atoms with Gasteiger partial charge in [-0.2, -0.15) is 0 Å². The van der Waals surface area contributed by atoms with Gasteiger partial charge in [-0.15, -0.1) is 0 Å². The molecule has 0 rings (SSSR count). The topological polar surface area (TPSA) is 17.1 Å². The number of carbonyl (C=O) groups is 1. The first-order valence-electron chi connectivity index (χ1n) is 1.80. The Morgan fingerprint density at radius 1 is 1.86 bits per heavy atom. The van der Waals surface area contributed by atoms with E-state index < -0.39 is 0 Å². The molecule has 40 valence electrons. The quantitative estimate of drug-likeness (QED) is 0.423. The summed E-state index contributed by atoms with van der Waals surface area (Å²) in [5.41, 5.74) is 0. The lowest BCUT2D eigenvalue weighted by Gasteiger charge is -1.82. The number of rotatable bonds is 2. The van der Waals surface area contributed by atoms with Gasteiger partial charge in [-0.3, -0.25) is 4.79 Å². The smallest absolute Gasteiger partial charge is 0.135 e. The van der Waals surface area contributed by atoms with Crippen LogP contribution in [0.3, 0.4) is 0 Å². The Hall–Kier alpha value is 0.0500. The van der Waals surface area contributed by atoms with Gasteiger partial charge in [0.2, 0.25) is 0 Å². The predicted octanol–water partition coefficient (Wildman–Crippen LogP) is 1.53. The number of thiocarbonyl (C=S) groups is 1. The summed E-state index contributed by atoms with van der Waals surface area (Å²) in [6.07, 6.45) is 0.219. The van der Waals surface area contributed by atoms with E-state index in [1.807, 2.05) is 0 Å². The summed E-state index contributed by atoms with van der Waals surface area (Å²) in [5.74, 6) is 0.0139. The van der Waals surface area contributed by atoms with Gasteiger partial charge in [0, 0.05) is 0 Å². The van der Waals surface area contributed by atoms with Crippen molar-refractivity contribution in [2.24, 2.45) is 0 Å². The highest BCUT2D eigenvalue weighted by Crippen LogP contribution is 1.91. The second-order valence-corrected chi connectivity index (χ2v) is 2.41. The average Bonchev–Trinajstić information content (AvgIpc) is 1.27. The summed E-state index contributed by atoms with van der Waals surface area (Å²) >= 11 is 9.60. The van der Waals surface area contributed by atoms with Crippen LogP contribution in [0.5, 0.6) is 0 Å². The van der Waals surface area contributed by atoms with E-state index in [1.54, 1.807) is 0 Å². The minimum Gasteiger partial charge on any atom is -0.300 e. The second-order valence-electron chi connectivity index (χ2n) is 1.23. The van der Waals surface area contributed by atoms with E-state index in [0.29, 0.717) is 0 Å².